The van der Waals surface area contributed by atoms with Crippen LogP contribution < -0.4 is 9.58 Å². The van der Waals surface area contributed by atoms with Gasteiger partial charge in [0.15, 0.2) is 0 Å². The fourth-order valence-corrected chi connectivity index (χ4v) is 12.3. The molecule has 0 bridgehead atoms. The van der Waals surface area contributed by atoms with E-state index in [-0.39, 0.29) is 31.9 Å². The summed E-state index contributed by atoms with van der Waals surface area (Å²) in [5.74, 6) is 9.28. The molecule has 61 heavy (non-hydrogen) atoms. The van der Waals surface area contributed by atoms with E-state index in [1.807, 2.05) is 48.5 Å². The maximum absolute atomic E-state index is 15.1. The van der Waals surface area contributed by atoms with Gasteiger partial charge in [0.2, 0.25) is 0 Å². The Labute approximate surface area is 380 Å². The number of benzene rings is 5. The molecule has 0 saturated heterocycles. The number of para-hydroxylation sites is 2. The fraction of sp³-hybridized carbons (Fsp3) is 0.283. The van der Waals surface area contributed by atoms with Gasteiger partial charge < -0.3 is 13.1 Å². The molecule has 0 saturated carbocycles. The van der Waals surface area contributed by atoms with Crippen LogP contribution in [-0.4, -0.2) is 36.2 Å². The van der Waals surface area contributed by atoms with Gasteiger partial charge in [-0.1, -0.05) is 93.2 Å². The molecule has 0 fully saturated rings. The Hall–Kier alpha value is -4.40. The smallest absolute Gasteiger partial charge is 0.270 e. The minimum absolute atomic E-state index is 0. The van der Waals surface area contributed by atoms with Crippen LogP contribution in [-0.2, 0) is 26.5 Å². The van der Waals surface area contributed by atoms with E-state index in [4.69, 9.17) is 14.4 Å². The molecule has 317 valence electrons. The van der Waals surface area contributed by atoms with Crippen molar-refractivity contribution in [1.82, 2.24) is 14.5 Å². The average Bonchev–Trinajstić information content (AvgIpc) is 3.81. The van der Waals surface area contributed by atoms with Gasteiger partial charge >= 0.3 is 126 Å². The molecule has 0 aliphatic rings. The van der Waals surface area contributed by atoms with Gasteiger partial charge in [-0.3, -0.25) is 4.98 Å². The molecule has 0 aliphatic heterocycles. The van der Waals surface area contributed by atoms with Crippen LogP contribution >= 0.6 is 0 Å². The first-order valence-electron chi connectivity index (χ1n) is 21.3. The normalized spacial score (nSPS) is 12.0. The second-order valence-corrected chi connectivity index (χ2v) is 32.6. The maximum atomic E-state index is 15.1. The zero-order valence-electron chi connectivity index (χ0n) is 37.4. The van der Waals surface area contributed by atoms with Crippen molar-refractivity contribution in [1.29, 1.82) is 0 Å². The predicted octanol–water partition coefficient (Wildman–Crippen LogP) is 13.8. The number of pyridine rings is 1. The molecule has 1 radical (unpaired) electrons. The summed E-state index contributed by atoms with van der Waals surface area (Å²) < 4.78 is 24.9. The van der Waals surface area contributed by atoms with E-state index in [1.165, 1.54) is 27.8 Å². The summed E-state index contributed by atoms with van der Waals surface area (Å²) in [6, 6.07) is 42.7. The standard InChI is InChI=1S/C35H34FN2OSi.C18H24GeN.Ir/c1-22(2)27-18-25(24-12-8-7-9-13-24)19-28(23(3)4)34(27)38-32-15-11-10-14-31(32)37-35(38)30-21-39-33-17-16-26(20-29(30)33)40(5,6)36;1-14(2)11-16-12-18(15-9-7-6-8-10-15)20-13-17(16)19(3,4)5;/h7-20,22-23H,1-6H3;6-9,12-14H,11H2,1-5H3;/q2*-1;. The predicted molar refractivity (Wildman–Crippen MR) is 257 cm³/mol. The zero-order chi connectivity index (χ0) is 42.9. The second-order valence-electron chi connectivity index (χ2n) is 18.6. The molecule has 0 aliphatic carbocycles. The average molecular weight is 1060 g/mol. The maximum Gasteiger partial charge on any atom is 0.270 e. The summed E-state index contributed by atoms with van der Waals surface area (Å²) in [6.07, 6.45) is 6.42. The van der Waals surface area contributed by atoms with Crippen molar-refractivity contribution >= 4 is 53.3 Å². The summed E-state index contributed by atoms with van der Waals surface area (Å²) >= 11 is -1.86. The number of halogens is 1. The largest absolute Gasteiger partial charge is 0.557 e. The van der Waals surface area contributed by atoms with Crippen LogP contribution in [0.5, 0.6) is 0 Å². The third-order valence-electron chi connectivity index (χ3n) is 11.1. The summed E-state index contributed by atoms with van der Waals surface area (Å²) in [4.78, 5) is 9.84. The monoisotopic (exact) mass is 1070 g/mol. The Morgan fingerprint density at radius 1 is 0.770 bits per heavy atom. The van der Waals surface area contributed by atoms with Crippen LogP contribution in [0.4, 0.5) is 4.11 Å². The summed E-state index contributed by atoms with van der Waals surface area (Å²) in [5.41, 5.74) is 13.0. The molecule has 5 aromatic carbocycles. The molecule has 8 aromatic rings. The number of hydrogen-bond donors (Lipinski definition) is 0. The number of hydrogen-bond acceptors (Lipinski definition) is 3. The Morgan fingerprint density at radius 3 is 2.03 bits per heavy atom. The van der Waals surface area contributed by atoms with Gasteiger partial charge in [-0.25, -0.2) is 0 Å². The van der Waals surface area contributed by atoms with Crippen molar-refractivity contribution in [3.8, 4) is 39.5 Å². The fourth-order valence-electron chi connectivity index (χ4n) is 8.03. The first-order chi connectivity index (χ1) is 28.5. The van der Waals surface area contributed by atoms with E-state index < -0.39 is 21.7 Å². The van der Waals surface area contributed by atoms with Crippen molar-refractivity contribution in [3.63, 3.8) is 0 Å². The Balaban J connectivity index is 0.000000250. The van der Waals surface area contributed by atoms with Gasteiger partial charge in [-0.2, -0.15) is 0 Å². The van der Waals surface area contributed by atoms with Crippen LogP contribution in [0.3, 0.4) is 0 Å². The van der Waals surface area contributed by atoms with E-state index in [2.05, 4.69) is 149 Å². The molecule has 3 aromatic heterocycles. The molecule has 4 nitrogen and oxygen atoms in total. The van der Waals surface area contributed by atoms with Crippen molar-refractivity contribution in [2.24, 2.45) is 5.92 Å². The van der Waals surface area contributed by atoms with Gasteiger partial charge in [0.05, 0.1) is 16.9 Å². The summed E-state index contributed by atoms with van der Waals surface area (Å²) in [6.45, 7) is 17.0. The molecule has 8 rings (SSSR count). The SMILES string of the molecule is CC(C)Cc1cc(-c2[c-]cccc2)nc[c]1[Ge]([CH3])([CH3])[CH3].CC(C)c1cc(-c2ccccc2)cc(C(C)C)c1-n1c(-c2[c-]oc3ccc([Si](C)(C)F)cc23)nc2ccccc21.[Ir]. The van der Waals surface area contributed by atoms with E-state index in [0.29, 0.717) is 11.5 Å². The minimum Gasteiger partial charge on any atom is -0.557 e. The van der Waals surface area contributed by atoms with E-state index >= 15 is 4.11 Å². The number of rotatable bonds is 10. The number of nitrogens with zero attached hydrogens (tertiary/aromatic N) is 3. The number of furan rings is 1. The van der Waals surface area contributed by atoms with E-state index in [9.17, 15) is 0 Å². The molecular formula is C53H58FGeIrN3OSi-2. The van der Waals surface area contributed by atoms with E-state index in [0.717, 1.165) is 56.4 Å². The van der Waals surface area contributed by atoms with Crippen molar-refractivity contribution < 1.29 is 28.6 Å². The third-order valence-corrected chi connectivity index (χ3v) is 17.2. The van der Waals surface area contributed by atoms with Crippen molar-refractivity contribution in [3.05, 3.63) is 150 Å². The second kappa shape index (κ2) is 18.9. The topological polar surface area (TPSA) is 43.9 Å². The van der Waals surface area contributed by atoms with Gasteiger partial charge in [0.1, 0.15) is 0 Å². The Bertz CT molecular complexity index is 2720. The van der Waals surface area contributed by atoms with E-state index in [1.54, 1.807) is 17.5 Å². The molecule has 3 heterocycles. The molecule has 8 heteroatoms. The first-order valence-corrected chi connectivity index (χ1v) is 31.5. The number of fused-ring (bicyclic) bond motifs is 2. The quantitative estimate of drug-likeness (QED) is 0.0779. The third kappa shape index (κ3) is 10.1. The Morgan fingerprint density at radius 2 is 1.43 bits per heavy atom. The van der Waals surface area contributed by atoms with Crippen LogP contribution in [0.15, 0.2) is 126 Å². The number of aromatic nitrogens is 3. The molecule has 0 unspecified atom stereocenters. The van der Waals surface area contributed by atoms with Gasteiger partial charge in [-0.15, -0.1) is 6.07 Å². The van der Waals surface area contributed by atoms with Crippen LogP contribution in [0, 0.1) is 18.2 Å². The van der Waals surface area contributed by atoms with Crippen molar-refractivity contribution in [2.75, 3.05) is 0 Å². The van der Waals surface area contributed by atoms with Gasteiger partial charge in [-0.05, 0) is 76.6 Å². The number of imidazole rings is 1. The Kier molecular flexibility index (Phi) is 14.3. The molecule has 0 N–H and O–H groups in total. The van der Waals surface area contributed by atoms with Gasteiger partial charge in [0, 0.05) is 37.6 Å². The first kappa shape index (κ1) is 46.1. The zero-order valence-corrected chi connectivity index (χ0v) is 42.9. The molecular weight excluding hydrogens is 1010 g/mol. The van der Waals surface area contributed by atoms with Gasteiger partial charge in [0.25, 0.3) is 8.41 Å². The summed E-state index contributed by atoms with van der Waals surface area (Å²) in [5, 5.41) is 1.57. The molecule has 0 spiro atoms. The van der Waals surface area contributed by atoms with Crippen molar-refractivity contribution in [2.45, 2.75) is 90.2 Å². The van der Waals surface area contributed by atoms with Crippen LogP contribution in [0.2, 0.25) is 30.4 Å². The minimum atomic E-state index is -3.03. The van der Waals surface area contributed by atoms with Crippen LogP contribution in [0.25, 0.3) is 61.5 Å². The molecule has 0 atom stereocenters. The molecule has 0 amide bonds. The van der Waals surface area contributed by atoms with Crippen LogP contribution in [0.1, 0.15) is 70.1 Å². The summed E-state index contributed by atoms with van der Waals surface area (Å²) in [7, 11) is -3.03.